The van der Waals surface area contributed by atoms with Crippen LogP contribution in [0.4, 0.5) is 0 Å². The lowest BCUT2D eigenvalue weighted by molar-refractivity contribution is 0.409. The fourth-order valence-electron chi connectivity index (χ4n) is 2.75. The molecule has 0 aliphatic heterocycles. The van der Waals surface area contributed by atoms with Crippen molar-refractivity contribution in [2.45, 2.75) is 0 Å². The molecule has 0 atom stereocenters. The fourth-order valence-corrected chi connectivity index (χ4v) is 2.75. The Morgan fingerprint density at radius 3 is 2.25 bits per heavy atom. The van der Waals surface area contributed by atoms with Gasteiger partial charge in [0.05, 0.1) is 5.71 Å². The lowest BCUT2D eigenvalue weighted by atomic mass is 9.97. The summed E-state index contributed by atoms with van der Waals surface area (Å²) in [5, 5.41) is 1.63. The Labute approximate surface area is 162 Å². The molecule has 0 radical (unpaired) electrons. The second kappa shape index (κ2) is 8.18. The Kier molecular flexibility index (Phi) is 5.51. The van der Waals surface area contributed by atoms with Gasteiger partial charge in [-0.3, -0.25) is 4.99 Å². The minimum atomic E-state index is -0.760. The molecule has 0 spiro atoms. The number of nitrogens with zero attached hydrogens (tertiary/aromatic N) is 1. The minimum absolute atomic E-state index is 0.331. The van der Waals surface area contributed by atoms with Gasteiger partial charge in [-0.25, -0.2) is 4.79 Å². The van der Waals surface area contributed by atoms with E-state index in [1.807, 2.05) is 42.5 Å². The fraction of sp³-hybridized carbons (Fsp3) is 0. The van der Waals surface area contributed by atoms with Crippen LogP contribution in [0.5, 0.6) is 0 Å². The van der Waals surface area contributed by atoms with E-state index in [0.29, 0.717) is 16.9 Å². The molecule has 1 aromatic heterocycles. The van der Waals surface area contributed by atoms with E-state index in [1.165, 1.54) is 6.20 Å². The highest BCUT2D eigenvalue weighted by atomic mass is 16.6. The van der Waals surface area contributed by atoms with Gasteiger partial charge in [-0.05, 0) is 34.2 Å². The normalized spacial score (nSPS) is 11.1. The Hall–Kier alpha value is -3.92. The molecular formula is C24H19NO3. The third-order valence-corrected chi connectivity index (χ3v) is 4.02. The summed E-state index contributed by atoms with van der Waals surface area (Å²) in [7, 11) is 0. The van der Waals surface area contributed by atoms with Crippen LogP contribution in [-0.4, -0.2) is 5.71 Å². The second-order valence-electron chi connectivity index (χ2n) is 6.01. The quantitative estimate of drug-likeness (QED) is 0.654. The topological polar surface area (TPSA) is 55.7 Å². The van der Waals surface area contributed by atoms with E-state index in [-0.39, 0.29) is 0 Å². The van der Waals surface area contributed by atoms with Crippen molar-refractivity contribution in [2.24, 2.45) is 4.99 Å². The van der Waals surface area contributed by atoms with E-state index >= 15 is 0 Å². The highest BCUT2D eigenvalue weighted by Crippen LogP contribution is 2.23. The zero-order chi connectivity index (χ0) is 20.1. The van der Waals surface area contributed by atoms with Gasteiger partial charge >= 0.3 is 5.82 Å². The smallest absolute Gasteiger partial charge is 0.391 e. The van der Waals surface area contributed by atoms with Gasteiger partial charge in [0.2, 0.25) is 0 Å². The van der Waals surface area contributed by atoms with Crippen LogP contribution in [0.3, 0.4) is 0 Å². The van der Waals surface area contributed by atoms with Crippen LogP contribution >= 0.6 is 0 Å². The van der Waals surface area contributed by atoms with Crippen LogP contribution in [0, 0.1) is 0 Å². The number of hydrogen-bond acceptors (Lipinski definition) is 4. The van der Waals surface area contributed by atoms with Crippen LogP contribution in [-0.2, 0) is 0 Å². The summed E-state index contributed by atoms with van der Waals surface area (Å²) in [5.74, 6) is -0.760. The molecule has 4 nitrogen and oxygen atoms in total. The third kappa shape index (κ3) is 4.07. The number of hydrogen-bond donors (Lipinski definition) is 0. The molecule has 138 valence electrons. The Balaban J connectivity index is 2.37. The maximum atomic E-state index is 11.5. The van der Waals surface area contributed by atoms with Gasteiger partial charge in [-0.2, -0.15) is 0 Å². The van der Waals surface area contributed by atoms with Gasteiger partial charge in [0.1, 0.15) is 0 Å². The average Bonchev–Trinajstić information content (AvgIpc) is 3.04. The summed E-state index contributed by atoms with van der Waals surface area (Å²) < 4.78 is 10.2. The average molecular weight is 369 g/mol. The standard InChI is InChI=1S/C24H19NO3/c1-5-18-14-21-22(28-24(26)27-21)15-20(18)23(25-6-2)19-12-11-16(3)9-7-8-10-17(4)13-19/h5-15H,1-4H2. The van der Waals surface area contributed by atoms with Crippen molar-refractivity contribution < 1.29 is 8.83 Å². The largest absolute Gasteiger partial charge is 0.519 e. The summed E-state index contributed by atoms with van der Waals surface area (Å²) in [6.07, 6.45) is 3.13. The van der Waals surface area contributed by atoms with Crippen molar-refractivity contribution in [3.8, 4) is 0 Å². The first kappa shape index (κ1) is 18.9. The summed E-state index contributed by atoms with van der Waals surface area (Å²) in [4.78, 5) is 15.9. The zero-order valence-corrected chi connectivity index (χ0v) is 15.4. The van der Waals surface area contributed by atoms with E-state index in [1.54, 1.807) is 18.2 Å². The molecule has 0 amide bonds. The van der Waals surface area contributed by atoms with E-state index in [4.69, 9.17) is 8.83 Å². The van der Waals surface area contributed by atoms with Crippen LogP contribution in [0.15, 0.2) is 92.6 Å². The number of fused-ring (bicyclic) bond motifs is 1. The molecule has 4 heteroatoms. The van der Waals surface area contributed by atoms with Crippen LogP contribution < -0.4 is 16.3 Å². The summed E-state index contributed by atoms with van der Waals surface area (Å²) in [5.41, 5.74) is 3.56. The van der Waals surface area contributed by atoms with E-state index < -0.39 is 5.82 Å². The third-order valence-electron chi connectivity index (χ3n) is 4.02. The molecule has 0 fully saturated rings. The first-order valence-electron chi connectivity index (χ1n) is 8.53. The van der Waals surface area contributed by atoms with Crippen LogP contribution in [0.25, 0.3) is 30.4 Å². The molecule has 0 N–H and O–H groups in total. The monoisotopic (exact) mass is 369 g/mol. The predicted octanol–water partition coefficient (Wildman–Crippen LogP) is 3.95. The zero-order valence-electron chi connectivity index (χ0n) is 15.4. The minimum Gasteiger partial charge on any atom is -0.391 e. The summed E-state index contributed by atoms with van der Waals surface area (Å²) in [6, 6.07) is 16.7. The molecule has 0 bridgehead atoms. The number of rotatable bonds is 4. The molecule has 0 aliphatic carbocycles. The van der Waals surface area contributed by atoms with E-state index in [9.17, 15) is 4.79 Å². The van der Waals surface area contributed by atoms with Gasteiger partial charge in [0, 0.05) is 17.3 Å². The van der Waals surface area contributed by atoms with Crippen molar-refractivity contribution in [3.63, 3.8) is 0 Å². The van der Waals surface area contributed by atoms with Crippen molar-refractivity contribution in [1.82, 2.24) is 0 Å². The molecule has 2 aromatic carbocycles. The maximum Gasteiger partial charge on any atom is 0.519 e. The van der Waals surface area contributed by atoms with Crippen LogP contribution in [0.1, 0.15) is 16.7 Å². The van der Waals surface area contributed by atoms with Gasteiger partial charge in [-0.15, -0.1) is 0 Å². The van der Waals surface area contributed by atoms with Crippen LogP contribution in [0.2, 0.25) is 0 Å². The molecule has 0 saturated carbocycles. The summed E-state index contributed by atoms with van der Waals surface area (Å²) >= 11 is 0. The van der Waals surface area contributed by atoms with Crippen molar-refractivity contribution in [3.05, 3.63) is 112 Å². The second-order valence-corrected chi connectivity index (χ2v) is 6.01. The lowest BCUT2D eigenvalue weighted by Crippen LogP contribution is -2.08. The first-order chi connectivity index (χ1) is 13.5. The van der Waals surface area contributed by atoms with E-state index in [0.717, 1.165) is 27.1 Å². The van der Waals surface area contributed by atoms with Gasteiger partial charge in [0.15, 0.2) is 11.2 Å². The predicted molar refractivity (Wildman–Crippen MR) is 115 cm³/mol. The SMILES string of the molecule is C=CN=C(c1ccc(=C)ccccc(=C)c1)c1cc2oc(=O)oc2cc1C=C. The van der Waals surface area contributed by atoms with Gasteiger partial charge < -0.3 is 8.83 Å². The maximum absolute atomic E-state index is 11.5. The van der Waals surface area contributed by atoms with E-state index in [2.05, 4.69) is 31.3 Å². The van der Waals surface area contributed by atoms with Gasteiger partial charge in [0.25, 0.3) is 0 Å². The van der Waals surface area contributed by atoms with Crippen molar-refractivity contribution in [1.29, 1.82) is 0 Å². The molecule has 0 unspecified atom stereocenters. The Bertz CT molecular complexity index is 1310. The molecule has 0 aliphatic rings. The molecular weight excluding hydrogens is 350 g/mol. The molecule has 1 heterocycles. The molecule has 0 saturated heterocycles. The highest BCUT2D eigenvalue weighted by Gasteiger charge is 2.14. The first-order valence-corrected chi connectivity index (χ1v) is 8.53. The number of benzene rings is 1. The lowest BCUT2D eigenvalue weighted by Gasteiger charge is -2.09. The van der Waals surface area contributed by atoms with Gasteiger partial charge in [-0.1, -0.05) is 68.8 Å². The Morgan fingerprint density at radius 1 is 0.893 bits per heavy atom. The highest BCUT2D eigenvalue weighted by molar-refractivity contribution is 6.16. The van der Waals surface area contributed by atoms with Crippen molar-refractivity contribution in [2.75, 3.05) is 0 Å². The summed E-state index contributed by atoms with van der Waals surface area (Å²) in [6.45, 7) is 15.7. The van der Waals surface area contributed by atoms with Crippen molar-refractivity contribution >= 4 is 36.1 Å². The Morgan fingerprint density at radius 2 is 1.57 bits per heavy atom. The molecule has 3 aromatic rings. The molecule has 3 rings (SSSR count). The number of aliphatic imine (C=N–C) groups is 1. The molecule has 28 heavy (non-hydrogen) atoms.